The van der Waals surface area contributed by atoms with Gasteiger partial charge in [0.1, 0.15) is 6.04 Å². The molecule has 0 saturated heterocycles. The monoisotopic (exact) mass is 534 g/mol. The highest BCUT2D eigenvalue weighted by atomic mass is 35.5. The fourth-order valence-electron chi connectivity index (χ4n) is 4.55. The van der Waals surface area contributed by atoms with Gasteiger partial charge in [-0.15, -0.1) is 0 Å². The first-order valence-corrected chi connectivity index (χ1v) is 13.2. The topological polar surface area (TPSA) is 81.9 Å². The molecule has 0 spiro atoms. The summed E-state index contributed by atoms with van der Waals surface area (Å²) in [6.45, 7) is 8.35. The minimum atomic E-state index is -1.20. The number of rotatable bonds is 10. The lowest BCUT2D eigenvalue weighted by atomic mass is 9.91. The number of hydrogen-bond acceptors (Lipinski definition) is 5. The molecule has 200 valence electrons. The van der Waals surface area contributed by atoms with Gasteiger partial charge in [-0.3, -0.25) is 14.5 Å². The number of carbonyl (C=O) groups excluding carboxylic acids is 2. The molecule has 3 aromatic carbocycles. The van der Waals surface area contributed by atoms with E-state index in [9.17, 15) is 9.59 Å². The molecule has 38 heavy (non-hydrogen) atoms. The van der Waals surface area contributed by atoms with Crippen LogP contribution >= 0.6 is 11.6 Å². The Bertz CT molecular complexity index is 1280. The van der Waals surface area contributed by atoms with E-state index in [0.717, 1.165) is 16.7 Å². The van der Waals surface area contributed by atoms with Crippen molar-refractivity contribution < 1.29 is 19.1 Å². The Kier molecular flexibility index (Phi) is 8.26. The number of hydrogen-bond donors (Lipinski definition) is 1. The summed E-state index contributed by atoms with van der Waals surface area (Å²) >= 11 is 6.25. The molecule has 1 heterocycles. The number of halogens is 1. The van der Waals surface area contributed by atoms with Crippen molar-refractivity contribution in [1.29, 1.82) is 0 Å². The van der Waals surface area contributed by atoms with Crippen LogP contribution in [-0.2, 0) is 26.5 Å². The Morgan fingerprint density at radius 3 is 2.26 bits per heavy atom. The van der Waals surface area contributed by atoms with Gasteiger partial charge in [-0.2, -0.15) is 0 Å². The molecular formula is C31H35ClN2O4. The highest BCUT2D eigenvalue weighted by Crippen LogP contribution is 2.47. The molecule has 0 aliphatic carbocycles. The average Bonchev–Trinajstić information content (AvgIpc) is 3.15. The lowest BCUT2D eigenvalue weighted by Gasteiger charge is -2.41. The van der Waals surface area contributed by atoms with E-state index >= 15 is 0 Å². The standard InChI is InChI=1S/C31H35ClN2O4/c1-21(2)27(33)29(36)37-19-30(3,4)20-38-31(23-14-16-24(32)17-15-23)26-13-9-8-12-25(26)28(35)34(31)18-22-10-6-5-7-11-22/h5-17,21,27H,18-20,33H2,1-4H3/t27-,31?/m0/s1. The zero-order valence-corrected chi connectivity index (χ0v) is 23.1. The number of fused-ring (bicyclic) bond motifs is 1. The van der Waals surface area contributed by atoms with Gasteiger partial charge >= 0.3 is 5.97 Å². The molecule has 1 amide bonds. The van der Waals surface area contributed by atoms with Gasteiger partial charge in [0.05, 0.1) is 13.2 Å². The highest BCUT2D eigenvalue weighted by molar-refractivity contribution is 6.30. The Labute approximate surface area is 229 Å². The van der Waals surface area contributed by atoms with Gasteiger partial charge in [0.2, 0.25) is 0 Å². The van der Waals surface area contributed by atoms with Crippen molar-refractivity contribution in [2.75, 3.05) is 13.2 Å². The third kappa shape index (κ3) is 5.63. The molecule has 1 unspecified atom stereocenters. The number of benzene rings is 3. The van der Waals surface area contributed by atoms with Crippen LogP contribution in [0.1, 0.15) is 54.7 Å². The molecule has 6 nitrogen and oxygen atoms in total. The van der Waals surface area contributed by atoms with Crippen LogP contribution in [-0.4, -0.2) is 36.0 Å². The fraction of sp³-hybridized carbons (Fsp3) is 0.355. The van der Waals surface area contributed by atoms with E-state index in [1.807, 2.05) is 94.4 Å². The van der Waals surface area contributed by atoms with Crippen LogP contribution in [0, 0.1) is 11.3 Å². The van der Waals surface area contributed by atoms with E-state index in [2.05, 4.69) is 0 Å². The fourth-order valence-corrected chi connectivity index (χ4v) is 4.68. The maximum atomic E-state index is 13.9. The smallest absolute Gasteiger partial charge is 0.323 e. The lowest BCUT2D eigenvalue weighted by Crippen LogP contribution is -2.48. The third-order valence-corrected chi connectivity index (χ3v) is 7.09. The van der Waals surface area contributed by atoms with E-state index in [0.29, 0.717) is 17.1 Å². The highest BCUT2D eigenvalue weighted by Gasteiger charge is 2.52. The summed E-state index contributed by atoms with van der Waals surface area (Å²) in [5, 5.41) is 0.588. The van der Waals surface area contributed by atoms with Gasteiger partial charge in [-0.05, 0) is 29.7 Å². The van der Waals surface area contributed by atoms with Gasteiger partial charge < -0.3 is 15.2 Å². The Balaban J connectivity index is 1.72. The van der Waals surface area contributed by atoms with Crippen molar-refractivity contribution in [2.45, 2.75) is 46.0 Å². The lowest BCUT2D eigenvalue weighted by molar-refractivity contribution is -0.159. The molecule has 0 fully saturated rings. The van der Waals surface area contributed by atoms with Gasteiger partial charge in [0.25, 0.3) is 5.91 Å². The molecular weight excluding hydrogens is 500 g/mol. The number of ether oxygens (including phenoxy) is 2. The first-order chi connectivity index (χ1) is 18.0. The average molecular weight is 535 g/mol. The van der Waals surface area contributed by atoms with Gasteiger partial charge in [0, 0.05) is 33.7 Å². The second-order valence-corrected chi connectivity index (χ2v) is 11.3. The van der Waals surface area contributed by atoms with Crippen LogP contribution in [0.3, 0.4) is 0 Å². The minimum Gasteiger partial charge on any atom is -0.464 e. The van der Waals surface area contributed by atoms with E-state index in [1.165, 1.54) is 0 Å². The molecule has 2 N–H and O–H groups in total. The van der Waals surface area contributed by atoms with Crippen LogP contribution in [0.25, 0.3) is 0 Å². The number of esters is 1. The molecule has 2 atom stereocenters. The number of amides is 1. The Morgan fingerprint density at radius 1 is 0.974 bits per heavy atom. The first-order valence-electron chi connectivity index (χ1n) is 12.8. The normalized spacial score (nSPS) is 18.0. The van der Waals surface area contributed by atoms with Gasteiger partial charge in [0.15, 0.2) is 5.72 Å². The van der Waals surface area contributed by atoms with E-state index in [-0.39, 0.29) is 25.0 Å². The van der Waals surface area contributed by atoms with Crippen molar-refractivity contribution in [3.63, 3.8) is 0 Å². The number of nitrogens with two attached hydrogens (primary N) is 1. The second-order valence-electron chi connectivity index (χ2n) is 10.9. The molecule has 3 aromatic rings. The number of carbonyl (C=O) groups is 2. The van der Waals surface area contributed by atoms with Crippen molar-refractivity contribution in [2.24, 2.45) is 17.1 Å². The number of nitrogens with zero attached hydrogens (tertiary/aromatic N) is 1. The van der Waals surface area contributed by atoms with E-state index < -0.39 is 23.2 Å². The molecule has 0 bridgehead atoms. The summed E-state index contributed by atoms with van der Waals surface area (Å²) in [5.41, 5.74) is 7.31. The summed E-state index contributed by atoms with van der Waals surface area (Å²) in [6, 6.07) is 24.1. The SMILES string of the molecule is CC(C)[C@H](N)C(=O)OCC(C)(C)COC1(c2ccc(Cl)cc2)c2ccccc2C(=O)N1Cc1ccccc1. The van der Waals surface area contributed by atoms with E-state index in [1.54, 1.807) is 17.0 Å². The molecule has 7 heteroatoms. The van der Waals surface area contributed by atoms with Crippen LogP contribution in [0.2, 0.25) is 5.02 Å². The summed E-state index contributed by atoms with van der Waals surface area (Å²) in [4.78, 5) is 28.1. The van der Waals surface area contributed by atoms with Crippen molar-refractivity contribution in [3.8, 4) is 0 Å². The summed E-state index contributed by atoms with van der Waals surface area (Å²) in [7, 11) is 0. The second kappa shape index (κ2) is 11.3. The van der Waals surface area contributed by atoms with E-state index in [4.69, 9.17) is 26.8 Å². The molecule has 0 saturated carbocycles. The predicted molar refractivity (Wildman–Crippen MR) is 148 cm³/mol. The summed E-state index contributed by atoms with van der Waals surface area (Å²) < 4.78 is 12.4. The van der Waals surface area contributed by atoms with Crippen LogP contribution in [0.5, 0.6) is 0 Å². The van der Waals surface area contributed by atoms with Crippen LogP contribution in [0.15, 0.2) is 78.9 Å². The largest absolute Gasteiger partial charge is 0.464 e. The Hall–Kier alpha value is -3.19. The minimum absolute atomic E-state index is 0.0254. The third-order valence-electron chi connectivity index (χ3n) is 6.83. The van der Waals surface area contributed by atoms with Crippen LogP contribution < -0.4 is 5.73 Å². The quantitative estimate of drug-likeness (QED) is 0.334. The van der Waals surface area contributed by atoms with Crippen molar-refractivity contribution in [3.05, 3.63) is 106 Å². The zero-order chi connectivity index (χ0) is 27.5. The predicted octanol–water partition coefficient (Wildman–Crippen LogP) is 5.77. The molecule has 1 aliphatic rings. The maximum Gasteiger partial charge on any atom is 0.323 e. The molecule has 0 aromatic heterocycles. The first kappa shape index (κ1) is 27.8. The van der Waals surface area contributed by atoms with Gasteiger partial charge in [-0.1, -0.05) is 100.0 Å². The molecule has 4 rings (SSSR count). The molecule has 0 radical (unpaired) electrons. The Morgan fingerprint density at radius 2 is 1.61 bits per heavy atom. The maximum absolute atomic E-state index is 13.9. The molecule has 1 aliphatic heterocycles. The van der Waals surface area contributed by atoms with Crippen molar-refractivity contribution in [1.82, 2.24) is 4.90 Å². The zero-order valence-electron chi connectivity index (χ0n) is 22.3. The summed E-state index contributed by atoms with van der Waals surface area (Å²) in [6.07, 6.45) is 0. The van der Waals surface area contributed by atoms with Crippen molar-refractivity contribution >= 4 is 23.5 Å². The van der Waals surface area contributed by atoms with Gasteiger partial charge in [-0.25, -0.2) is 0 Å². The van der Waals surface area contributed by atoms with Crippen LogP contribution in [0.4, 0.5) is 0 Å². The summed E-state index contributed by atoms with van der Waals surface area (Å²) in [5.74, 6) is -0.582.